The summed E-state index contributed by atoms with van der Waals surface area (Å²) in [6.45, 7) is 3.93. The summed E-state index contributed by atoms with van der Waals surface area (Å²) in [5, 5.41) is 8.61. The van der Waals surface area contributed by atoms with Crippen molar-refractivity contribution in [2.45, 2.75) is 32.7 Å². The van der Waals surface area contributed by atoms with Gasteiger partial charge < -0.3 is 20.5 Å². The molecule has 3 N–H and O–H groups in total. The normalized spacial score (nSPS) is 13.0. The molecule has 1 aliphatic carbocycles. The molecule has 0 saturated heterocycles. The van der Waals surface area contributed by atoms with Crippen molar-refractivity contribution in [1.82, 2.24) is 9.88 Å². The van der Waals surface area contributed by atoms with E-state index in [1.807, 2.05) is 44.2 Å². The fourth-order valence-electron chi connectivity index (χ4n) is 3.40. The van der Waals surface area contributed by atoms with Crippen LogP contribution in [0.3, 0.4) is 0 Å². The van der Waals surface area contributed by atoms with Gasteiger partial charge in [0, 0.05) is 39.0 Å². The van der Waals surface area contributed by atoms with Crippen LogP contribution >= 0.6 is 15.9 Å². The van der Waals surface area contributed by atoms with Gasteiger partial charge >= 0.3 is 6.03 Å². The number of carbonyl (C=O) groups is 2. The van der Waals surface area contributed by atoms with Gasteiger partial charge in [0.15, 0.2) is 0 Å². The van der Waals surface area contributed by atoms with E-state index < -0.39 is 0 Å². The van der Waals surface area contributed by atoms with Crippen LogP contribution in [0.1, 0.15) is 34.6 Å². The van der Waals surface area contributed by atoms with Crippen molar-refractivity contribution in [2.75, 3.05) is 10.6 Å². The van der Waals surface area contributed by atoms with Crippen molar-refractivity contribution in [3.63, 3.8) is 0 Å². The lowest BCUT2D eigenvalue weighted by molar-refractivity contribution is 0.102. The third-order valence-corrected chi connectivity index (χ3v) is 5.60. The van der Waals surface area contributed by atoms with E-state index in [9.17, 15) is 9.59 Å². The minimum Gasteiger partial charge on any atom is -0.335 e. The zero-order chi connectivity index (χ0) is 21.3. The lowest BCUT2D eigenvalue weighted by Gasteiger charge is -2.11. The van der Waals surface area contributed by atoms with Gasteiger partial charge in [-0.2, -0.15) is 0 Å². The van der Waals surface area contributed by atoms with E-state index in [4.69, 9.17) is 0 Å². The first-order valence-corrected chi connectivity index (χ1v) is 10.6. The molecule has 3 aromatic rings. The molecule has 0 aliphatic heterocycles. The molecule has 0 unspecified atom stereocenters. The number of aromatic nitrogens is 1. The Morgan fingerprint density at radius 2 is 1.53 bits per heavy atom. The lowest BCUT2D eigenvalue weighted by Crippen LogP contribution is -2.30. The minimum absolute atomic E-state index is 0.168. The van der Waals surface area contributed by atoms with Crippen LogP contribution in [0.15, 0.2) is 59.1 Å². The Bertz CT molecular complexity index is 1080. The highest BCUT2D eigenvalue weighted by Crippen LogP contribution is 2.24. The Balaban J connectivity index is 1.45. The molecule has 1 aliphatic rings. The van der Waals surface area contributed by atoms with Gasteiger partial charge in [-0.1, -0.05) is 15.9 Å². The Morgan fingerprint density at radius 1 is 0.933 bits per heavy atom. The van der Waals surface area contributed by atoms with E-state index in [-0.39, 0.29) is 11.9 Å². The number of nitrogens with one attached hydrogen (secondary N) is 3. The zero-order valence-electron chi connectivity index (χ0n) is 16.8. The number of rotatable bonds is 5. The molecule has 3 amide bonds. The molecular weight excluding hydrogens is 444 g/mol. The molecule has 0 bridgehead atoms. The molecular formula is C23H23BrN4O2. The zero-order valence-corrected chi connectivity index (χ0v) is 18.4. The van der Waals surface area contributed by atoms with Crippen LogP contribution in [0.25, 0.3) is 5.69 Å². The van der Waals surface area contributed by atoms with Crippen molar-refractivity contribution < 1.29 is 9.59 Å². The third kappa shape index (κ3) is 4.57. The number of benzene rings is 2. The predicted molar refractivity (Wildman–Crippen MR) is 123 cm³/mol. The highest BCUT2D eigenvalue weighted by Gasteiger charge is 2.23. The summed E-state index contributed by atoms with van der Waals surface area (Å²) in [6.07, 6.45) is 2.08. The summed E-state index contributed by atoms with van der Waals surface area (Å²) >= 11 is 3.45. The van der Waals surface area contributed by atoms with E-state index in [1.54, 1.807) is 24.3 Å². The molecule has 6 nitrogen and oxygen atoms in total. The van der Waals surface area contributed by atoms with Crippen LogP contribution in [0.4, 0.5) is 16.2 Å². The molecule has 7 heteroatoms. The average molecular weight is 467 g/mol. The van der Waals surface area contributed by atoms with Crippen LogP contribution in [0, 0.1) is 13.8 Å². The average Bonchev–Trinajstić information content (AvgIpc) is 3.47. The second-order valence-corrected chi connectivity index (χ2v) is 8.42. The topological polar surface area (TPSA) is 75.2 Å². The monoisotopic (exact) mass is 466 g/mol. The highest BCUT2D eigenvalue weighted by atomic mass is 79.9. The molecule has 1 heterocycles. The first-order chi connectivity index (χ1) is 14.4. The lowest BCUT2D eigenvalue weighted by atomic mass is 10.2. The van der Waals surface area contributed by atoms with Crippen molar-refractivity contribution in [3.05, 3.63) is 76.0 Å². The van der Waals surface area contributed by atoms with E-state index >= 15 is 0 Å². The van der Waals surface area contributed by atoms with Gasteiger partial charge in [0.05, 0.1) is 5.56 Å². The van der Waals surface area contributed by atoms with E-state index in [2.05, 4.69) is 36.4 Å². The molecule has 0 atom stereocenters. The quantitative estimate of drug-likeness (QED) is 0.471. The maximum Gasteiger partial charge on any atom is 0.319 e. The van der Waals surface area contributed by atoms with Crippen LogP contribution in [0.2, 0.25) is 0 Å². The SMILES string of the molecule is Cc1cc(C(=O)Nc2ccc(NC(=O)NC3CC3)cc2)c(C)n1-c1ccc(Br)cc1. The van der Waals surface area contributed by atoms with Crippen molar-refractivity contribution in [3.8, 4) is 5.69 Å². The van der Waals surface area contributed by atoms with Crippen LogP contribution < -0.4 is 16.0 Å². The molecule has 4 rings (SSSR count). The largest absolute Gasteiger partial charge is 0.335 e. The molecule has 2 aromatic carbocycles. The van der Waals surface area contributed by atoms with Crippen molar-refractivity contribution in [2.24, 2.45) is 0 Å². The number of hydrogen-bond donors (Lipinski definition) is 3. The maximum atomic E-state index is 12.9. The number of carbonyl (C=O) groups excluding carboxylic acids is 2. The molecule has 30 heavy (non-hydrogen) atoms. The number of urea groups is 1. The number of aryl methyl sites for hydroxylation is 1. The second kappa shape index (κ2) is 8.36. The standard InChI is InChI=1S/C23H23BrN4O2/c1-14-13-21(15(2)28(14)20-11-3-16(24)4-12-20)22(29)25-17-5-7-18(8-6-17)26-23(30)27-19-9-10-19/h3-8,11-13,19H,9-10H2,1-2H3,(H,25,29)(H2,26,27,30). The molecule has 0 radical (unpaired) electrons. The Labute approximate surface area is 183 Å². The summed E-state index contributed by atoms with van der Waals surface area (Å²) in [7, 11) is 0. The number of amides is 3. The van der Waals surface area contributed by atoms with Gasteiger partial charge in [-0.05, 0) is 81.3 Å². The Morgan fingerprint density at radius 3 is 2.13 bits per heavy atom. The summed E-state index contributed by atoms with van der Waals surface area (Å²) < 4.78 is 3.07. The molecule has 1 aromatic heterocycles. The van der Waals surface area contributed by atoms with Gasteiger partial charge in [-0.15, -0.1) is 0 Å². The maximum absolute atomic E-state index is 12.9. The Kier molecular flexibility index (Phi) is 5.63. The summed E-state index contributed by atoms with van der Waals surface area (Å²) in [6, 6.07) is 17.1. The Hall–Kier alpha value is -3.06. The van der Waals surface area contributed by atoms with E-state index in [0.29, 0.717) is 23.0 Å². The smallest absolute Gasteiger partial charge is 0.319 e. The van der Waals surface area contributed by atoms with Crippen molar-refractivity contribution in [1.29, 1.82) is 0 Å². The van der Waals surface area contributed by atoms with E-state index in [0.717, 1.165) is 34.4 Å². The number of halogens is 1. The summed E-state index contributed by atoms with van der Waals surface area (Å²) in [5.41, 5.74) is 4.85. The fourth-order valence-corrected chi connectivity index (χ4v) is 3.66. The van der Waals surface area contributed by atoms with Gasteiger partial charge in [0.25, 0.3) is 5.91 Å². The first kappa shape index (κ1) is 20.2. The summed E-state index contributed by atoms with van der Waals surface area (Å²) in [5.74, 6) is -0.168. The van der Waals surface area contributed by atoms with Crippen LogP contribution in [0.5, 0.6) is 0 Å². The number of anilines is 2. The molecule has 154 valence electrons. The fraction of sp³-hybridized carbons (Fsp3) is 0.217. The van der Waals surface area contributed by atoms with Gasteiger partial charge in [0.2, 0.25) is 0 Å². The molecule has 1 saturated carbocycles. The van der Waals surface area contributed by atoms with Gasteiger partial charge in [-0.3, -0.25) is 4.79 Å². The first-order valence-electron chi connectivity index (χ1n) is 9.84. The van der Waals surface area contributed by atoms with Crippen LogP contribution in [-0.2, 0) is 0 Å². The van der Waals surface area contributed by atoms with Crippen LogP contribution in [-0.4, -0.2) is 22.5 Å². The molecule has 1 fully saturated rings. The highest BCUT2D eigenvalue weighted by molar-refractivity contribution is 9.10. The molecule has 0 spiro atoms. The van der Waals surface area contributed by atoms with Crippen molar-refractivity contribution >= 4 is 39.2 Å². The summed E-state index contributed by atoms with van der Waals surface area (Å²) in [4.78, 5) is 24.7. The number of nitrogens with zero attached hydrogens (tertiary/aromatic N) is 1. The van der Waals surface area contributed by atoms with Gasteiger partial charge in [0.1, 0.15) is 0 Å². The second-order valence-electron chi connectivity index (χ2n) is 7.50. The van der Waals surface area contributed by atoms with E-state index in [1.165, 1.54) is 0 Å². The third-order valence-electron chi connectivity index (χ3n) is 5.07. The number of hydrogen-bond acceptors (Lipinski definition) is 2. The minimum atomic E-state index is -0.199. The van der Waals surface area contributed by atoms with Gasteiger partial charge in [-0.25, -0.2) is 4.79 Å². The predicted octanol–water partition coefficient (Wildman–Crippen LogP) is 5.39.